The van der Waals surface area contributed by atoms with E-state index in [1.807, 2.05) is 0 Å². The second-order valence-electron chi connectivity index (χ2n) is 7.62. The summed E-state index contributed by atoms with van der Waals surface area (Å²) in [5, 5.41) is 11.9. The van der Waals surface area contributed by atoms with Crippen molar-refractivity contribution in [2.24, 2.45) is 0 Å². The highest BCUT2D eigenvalue weighted by Crippen LogP contribution is 2.47. The first-order chi connectivity index (χ1) is 15.3. The van der Waals surface area contributed by atoms with Crippen LogP contribution in [0.1, 0.15) is 37.2 Å². The van der Waals surface area contributed by atoms with Crippen LogP contribution in [0.5, 0.6) is 11.5 Å². The number of nitrogens with zero attached hydrogens (tertiary/aromatic N) is 2. The largest absolute Gasteiger partial charge is 0.497 e. The fourth-order valence-electron chi connectivity index (χ4n) is 4.48. The van der Waals surface area contributed by atoms with Crippen molar-refractivity contribution in [3.63, 3.8) is 0 Å². The summed E-state index contributed by atoms with van der Waals surface area (Å²) in [6, 6.07) is 9.32. The summed E-state index contributed by atoms with van der Waals surface area (Å²) < 4.78 is 10.8. The summed E-state index contributed by atoms with van der Waals surface area (Å²) in [6.45, 7) is 0. The number of ketones is 1. The van der Waals surface area contributed by atoms with Crippen LogP contribution in [-0.2, 0) is 9.59 Å². The van der Waals surface area contributed by atoms with Gasteiger partial charge in [-0.15, -0.1) is 0 Å². The molecule has 0 N–H and O–H groups in total. The van der Waals surface area contributed by atoms with Crippen LogP contribution in [0.25, 0.3) is 0 Å². The van der Waals surface area contributed by atoms with Crippen molar-refractivity contribution in [1.29, 1.82) is 0 Å². The van der Waals surface area contributed by atoms with Gasteiger partial charge >= 0.3 is 0 Å². The number of rotatable bonds is 5. The molecule has 0 spiro atoms. The van der Waals surface area contributed by atoms with Crippen LogP contribution >= 0.6 is 11.6 Å². The van der Waals surface area contributed by atoms with Crippen LogP contribution in [0.15, 0.2) is 47.7 Å². The number of halogens is 1. The van der Waals surface area contributed by atoms with Gasteiger partial charge in [-0.3, -0.25) is 24.6 Å². The van der Waals surface area contributed by atoms with E-state index in [4.69, 9.17) is 21.1 Å². The molecule has 1 atom stereocenters. The molecule has 1 aliphatic carbocycles. The Kier molecular flexibility index (Phi) is 5.88. The summed E-state index contributed by atoms with van der Waals surface area (Å²) in [5.41, 5.74) is 1.47. The first kappa shape index (κ1) is 21.8. The van der Waals surface area contributed by atoms with Crippen molar-refractivity contribution in [1.82, 2.24) is 0 Å². The second kappa shape index (κ2) is 8.63. The first-order valence-corrected chi connectivity index (χ1v) is 10.5. The van der Waals surface area contributed by atoms with Gasteiger partial charge in [0.05, 0.1) is 19.1 Å². The van der Waals surface area contributed by atoms with Crippen LogP contribution in [0.2, 0.25) is 5.02 Å². The van der Waals surface area contributed by atoms with E-state index in [9.17, 15) is 19.7 Å². The summed E-state index contributed by atoms with van der Waals surface area (Å²) in [4.78, 5) is 38.9. The average molecular weight is 457 g/mol. The zero-order chi connectivity index (χ0) is 23.0. The van der Waals surface area contributed by atoms with E-state index < -0.39 is 10.8 Å². The zero-order valence-corrected chi connectivity index (χ0v) is 18.3. The van der Waals surface area contributed by atoms with Gasteiger partial charge in [0.2, 0.25) is 5.91 Å². The molecule has 1 heterocycles. The van der Waals surface area contributed by atoms with E-state index >= 15 is 0 Å². The summed E-state index contributed by atoms with van der Waals surface area (Å²) in [6.07, 6.45) is 1.30. The molecule has 2 aromatic carbocycles. The number of carbonyl (C=O) groups is 2. The van der Waals surface area contributed by atoms with Gasteiger partial charge in [-0.1, -0.05) is 11.6 Å². The molecule has 0 saturated carbocycles. The maximum atomic E-state index is 13.4. The second-order valence-corrected chi connectivity index (χ2v) is 8.06. The fraction of sp³-hybridized carbons (Fsp3) is 0.304. The van der Waals surface area contributed by atoms with E-state index in [1.54, 1.807) is 18.2 Å². The minimum absolute atomic E-state index is 0.0439. The van der Waals surface area contributed by atoms with E-state index in [0.29, 0.717) is 47.6 Å². The third kappa shape index (κ3) is 3.71. The maximum Gasteiger partial charge on any atom is 0.293 e. The Bertz CT molecular complexity index is 1160. The molecule has 4 rings (SSSR count). The SMILES string of the molecule is COc1ccc(OC)c(C2CC(=O)N(c3cc(Cl)ccc3[N+](=O)[O-])C3=C2C(=O)CCC3)c1. The third-order valence-electron chi connectivity index (χ3n) is 5.86. The molecule has 1 amide bonds. The Morgan fingerprint density at radius 2 is 1.88 bits per heavy atom. The highest BCUT2D eigenvalue weighted by atomic mass is 35.5. The van der Waals surface area contributed by atoms with Crippen molar-refractivity contribution in [3.8, 4) is 11.5 Å². The molecule has 0 aromatic heterocycles. The van der Waals surface area contributed by atoms with Crippen LogP contribution in [0.3, 0.4) is 0 Å². The van der Waals surface area contributed by atoms with Gasteiger partial charge in [0.25, 0.3) is 5.69 Å². The molecule has 1 aliphatic heterocycles. The van der Waals surface area contributed by atoms with E-state index in [1.165, 1.54) is 37.3 Å². The van der Waals surface area contributed by atoms with Gasteiger partial charge in [0.1, 0.15) is 17.2 Å². The molecule has 1 unspecified atom stereocenters. The van der Waals surface area contributed by atoms with Crippen molar-refractivity contribution in [2.45, 2.75) is 31.6 Å². The van der Waals surface area contributed by atoms with Crippen LogP contribution in [-0.4, -0.2) is 30.8 Å². The Balaban J connectivity index is 1.94. The lowest BCUT2D eigenvalue weighted by atomic mass is 9.76. The molecule has 2 aliphatic rings. The minimum atomic E-state index is -0.555. The zero-order valence-electron chi connectivity index (χ0n) is 17.6. The predicted octanol–water partition coefficient (Wildman–Crippen LogP) is 4.79. The molecule has 8 nitrogen and oxygen atoms in total. The Labute approximate surface area is 189 Å². The quantitative estimate of drug-likeness (QED) is 0.473. The lowest BCUT2D eigenvalue weighted by Gasteiger charge is -2.38. The molecule has 32 heavy (non-hydrogen) atoms. The van der Waals surface area contributed by atoms with Gasteiger partial charge < -0.3 is 9.47 Å². The number of benzene rings is 2. The van der Waals surface area contributed by atoms with E-state index in [0.717, 1.165) is 0 Å². The molecule has 0 saturated heterocycles. The number of hydrogen-bond donors (Lipinski definition) is 0. The van der Waals surface area contributed by atoms with Crippen molar-refractivity contribution < 1.29 is 24.0 Å². The van der Waals surface area contributed by atoms with E-state index in [-0.39, 0.29) is 34.5 Å². The topological polar surface area (TPSA) is 99.0 Å². The average Bonchev–Trinajstić information content (AvgIpc) is 2.77. The lowest BCUT2D eigenvalue weighted by Crippen LogP contribution is -2.41. The summed E-state index contributed by atoms with van der Waals surface area (Å²) >= 11 is 6.12. The number of allylic oxidation sites excluding steroid dienone is 2. The number of nitro benzene ring substituents is 1. The first-order valence-electron chi connectivity index (χ1n) is 10.1. The standard InChI is InChI=1S/C23H21ClN2O6/c1-31-14-7-9-21(32-2)15(11-14)16-12-22(28)25(18-4-3-5-20(27)23(16)18)19-10-13(24)6-8-17(19)26(29)30/h6-11,16H,3-5,12H2,1-2H3. The normalized spacial score (nSPS) is 18.5. The third-order valence-corrected chi connectivity index (χ3v) is 6.10. The van der Waals surface area contributed by atoms with Gasteiger partial charge in [-0.2, -0.15) is 0 Å². The van der Waals surface area contributed by atoms with Crippen molar-refractivity contribution in [2.75, 3.05) is 19.1 Å². The highest BCUT2D eigenvalue weighted by Gasteiger charge is 2.42. The summed E-state index contributed by atoms with van der Waals surface area (Å²) in [7, 11) is 3.06. The van der Waals surface area contributed by atoms with Crippen LogP contribution in [0.4, 0.5) is 11.4 Å². The number of nitro groups is 1. The Morgan fingerprint density at radius 1 is 1.09 bits per heavy atom. The number of ether oxygens (including phenoxy) is 2. The molecule has 0 bridgehead atoms. The smallest absolute Gasteiger partial charge is 0.293 e. The number of Topliss-reactive ketones (excluding diaryl/α,β-unsaturated/α-hetero) is 1. The molecule has 0 fully saturated rings. The molecule has 166 valence electrons. The predicted molar refractivity (Wildman–Crippen MR) is 118 cm³/mol. The number of amides is 1. The molecular formula is C23H21ClN2O6. The van der Waals surface area contributed by atoms with Crippen molar-refractivity contribution >= 4 is 34.7 Å². The fourth-order valence-corrected chi connectivity index (χ4v) is 4.65. The van der Waals surface area contributed by atoms with Crippen LogP contribution in [0, 0.1) is 10.1 Å². The van der Waals surface area contributed by atoms with Gasteiger partial charge in [0, 0.05) is 46.7 Å². The number of methoxy groups -OCH3 is 2. The molecule has 9 heteroatoms. The number of hydrogen-bond acceptors (Lipinski definition) is 6. The summed E-state index contributed by atoms with van der Waals surface area (Å²) in [5.74, 6) is 0.148. The van der Waals surface area contributed by atoms with Gasteiger partial charge in [-0.05, 0) is 43.2 Å². The van der Waals surface area contributed by atoms with Gasteiger partial charge in [-0.25, -0.2) is 0 Å². The number of anilines is 1. The Morgan fingerprint density at radius 3 is 2.56 bits per heavy atom. The van der Waals surface area contributed by atoms with E-state index in [2.05, 4.69) is 0 Å². The Hall–Kier alpha value is -3.39. The maximum absolute atomic E-state index is 13.4. The highest BCUT2D eigenvalue weighted by molar-refractivity contribution is 6.31. The minimum Gasteiger partial charge on any atom is -0.497 e. The monoisotopic (exact) mass is 456 g/mol. The molecular weight excluding hydrogens is 436 g/mol. The molecule has 0 radical (unpaired) electrons. The van der Waals surface area contributed by atoms with Crippen LogP contribution < -0.4 is 14.4 Å². The van der Waals surface area contributed by atoms with Gasteiger partial charge in [0.15, 0.2) is 5.78 Å². The van der Waals surface area contributed by atoms with Crippen molar-refractivity contribution in [3.05, 3.63) is 68.4 Å². The number of carbonyl (C=O) groups excluding carboxylic acids is 2. The molecule has 2 aromatic rings. The lowest BCUT2D eigenvalue weighted by molar-refractivity contribution is -0.384.